The van der Waals surface area contributed by atoms with E-state index in [-0.39, 0.29) is 11.5 Å². The Morgan fingerprint density at radius 2 is 1.97 bits per heavy atom. The monoisotopic (exact) mass is 420 g/mol. The quantitative estimate of drug-likeness (QED) is 0.478. The topological polar surface area (TPSA) is 67.6 Å². The van der Waals surface area contributed by atoms with E-state index < -0.39 is 0 Å². The van der Waals surface area contributed by atoms with E-state index in [9.17, 15) is 9.59 Å². The van der Waals surface area contributed by atoms with E-state index >= 15 is 0 Å². The van der Waals surface area contributed by atoms with Crippen LogP contribution in [-0.2, 0) is 4.79 Å². The summed E-state index contributed by atoms with van der Waals surface area (Å²) in [5.74, 6) is 0.196. The van der Waals surface area contributed by atoms with Crippen LogP contribution in [0.2, 0.25) is 5.02 Å². The van der Waals surface area contributed by atoms with Crippen molar-refractivity contribution in [3.8, 4) is 11.4 Å². The van der Waals surface area contributed by atoms with Gasteiger partial charge in [0, 0.05) is 22.7 Å². The molecular formula is C21H13ClN4O2S. The molecule has 1 aliphatic heterocycles. The number of carbonyl (C=O) groups excluding carboxylic acids is 1. The summed E-state index contributed by atoms with van der Waals surface area (Å²) in [7, 11) is 0. The van der Waals surface area contributed by atoms with Crippen LogP contribution in [0.4, 0.5) is 5.69 Å². The van der Waals surface area contributed by atoms with Crippen molar-refractivity contribution >= 4 is 45.1 Å². The fourth-order valence-electron chi connectivity index (χ4n) is 3.44. The number of halogens is 1. The normalized spacial score (nSPS) is 15.2. The van der Waals surface area contributed by atoms with Gasteiger partial charge in [0.15, 0.2) is 5.82 Å². The highest BCUT2D eigenvalue weighted by atomic mass is 35.5. The van der Waals surface area contributed by atoms with Crippen LogP contribution in [-0.4, -0.2) is 27.0 Å². The van der Waals surface area contributed by atoms with E-state index in [1.165, 1.54) is 4.52 Å². The van der Waals surface area contributed by atoms with Gasteiger partial charge in [-0.15, -0.1) is 11.7 Å². The molecule has 0 bridgehead atoms. The maximum absolute atomic E-state index is 13.1. The van der Waals surface area contributed by atoms with Crippen LogP contribution < -0.4 is 15.0 Å². The molecule has 142 valence electrons. The van der Waals surface area contributed by atoms with E-state index in [4.69, 9.17) is 11.6 Å². The predicted molar refractivity (Wildman–Crippen MR) is 114 cm³/mol. The molecule has 0 spiro atoms. The first-order chi connectivity index (χ1) is 14.1. The Kier molecular flexibility index (Phi) is 4.08. The molecule has 8 heteroatoms. The van der Waals surface area contributed by atoms with E-state index in [0.717, 1.165) is 28.2 Å². The van der Waals surface area contributed by atoms with E-state index in [1.807, 2.05) is 30.3 Å². The lowest BCUT2D eigenvalue weighted by molar-refractivity contribution is -0.112. The van der Waals surface area contributed by atoms with Crippen molar-refractivity contribution in [2.75, 3.05) is 11.4 Å². The first-order valence-electron chi connectivity index (χ1n) is 8.80. The van der Waals surface area contributed by atoms with E-state index in [0.29, 0.717) is 32.5 Å². The van der Waals surface area contributed by atoms with Gasteiger partial charge in [-0.25, -0.2) is 0 Å². The van der Waals surface area contributed by atoms with Crippen molar-refractivity contribution in [1.82, 2.24) is 14.6 Å². The van der Waals surface area contributed by atoms with Gasteiger partial charge in [-0.05, 0) is 18.2 Å². The van der Waals surface area contributed by atoms with Crippen LogP contribution in [0.15, 0.2) is 66.0 Å². The van der Waals surface area contributed by atoms with Crippen LogP contribution in [0, 0.1) is 0 Å². The Labute approximate surface area is 174 Å². The van der Waals surface area contributed by atoms with Gasteiger partial charge in [-0.1, -0.05) is 59.3 Å². The second-order valence-corrected chi connectivity index (χ2v) is 7.89. The molecule has 2 aromatic heterocycles. The minimum Gasteiger partial charge on any atom is -0.304 e. The zero-order valence-electron chi connectivity index (χ0n) is 15.0. The number of anilines is 1. The zero-order valence-corrected chi connectivity index (χ0v) is 16.6. The van der Waals surface area contributed by atoms with Crippen LogP contribution in [0.3, 0.4) is 0 Å². The minimum absolute atomic E-state index is 0.220. The lowest BCUT2D eigenvalue weighted by Crippen LogP contribution is -2.32. The first-order valence-corrected chi connectivity index (χ1v) is 10.00. The molecule has 6 nitrogen and oxygen atoms in total. The molecule has 29 heavy (non-hydrogen) atoms. The van der Waals surface area contributed by atoms with Crippen LogP contribution in [0.25, 0.3) is 21.9 Å². The summed E-state index contributed by atoms with van der Waals surface area (Å²) in [6.45, 7) is 4.09. The number of carbonyl (C=O) groups is 1. The molecule has 0 saturated carbocycles. The third-order valence-corrected chi connectivity index (χ3v) is 5.97. The number of fused-ring (bicyclic) bond motifs is 2. The van der Waals surface area contributed by atoms with Gasteiger partial charge in [-0.3, -0.25) is 9.59 Å². The molecule has 0 N–H and O–H groups in total. The minimum atomic E-state index is -0.357. The number of para-hydroxylation sites is 1. The largest absolute Gasteiger partial charge is 0.304 e. The lowest BCUT2D eigenvalue weighted by Gasteiger charge is -2.13. The number of aromatic nitrogens is 3. The molecule has 0 fully saturated rings. The van der Waals surface area contributed by atoms with E-state index in [1.54, 1.807) is 29.2 Å². The van der Waals surface area contributed by atoms with E-state index in [2.05, 4.69) is 16.7 Å². The van der Waals surface area contributed by atoms with Crippen LogP contribution >= 0.6 is 22.9 Å². The molecule has 0 saturated heterocycles. The summed E-state index contributed by atoms with van der Waals surface area (Å²) in [4.78, 5) is 32.7. The average Bonchev–Trinajstić information content (AvgIpc) is 3.34. The SMILES string of the molecule is C=CCN1C(=O)C(=c2sc3nc(-c4cccc(Cl)c4)nn3c2=O)c2ccccc21. The third-order valence-electron chi connectivity index (χ3n) is 4.70. The first kappa shape index (κ1) is 17.8. The Hall–Kier alpha value is -3.29. The standard InChI is InChI=1S/C21H13ClN4O2S/c1-2-10-25-15-9-4-3-8-14(15)16(19(25)27)17-20(28)26-21(29-17)23-18(24-26)12-6-5-7-13(22)11-12/h2-9,11H,1,10H2. The highest BCUT2D eigenvalue weighted by molar-refractivity contribution is 7.15. The fraction of sp³-hybridized carbons (Fsp3) is 0.0476. The highest BCUT2D eigenvalue weighted by Gasteiger charge is 2.33. The van der Waals surface area contributed by atoms with Gasteiger partial charge in [0.05, 0.1) is 11.3 Å². The number of rotatable bonds is 3. The number of thiazole rings is 1. The summed E-state index contributed by atoms with van der Waals surface area (Å²) < 4.78 is 1.58. The predicted octanol–water partition coefficient (Wildman–Crippen LogP) is 2.92. The lowest BCUT2D eigenvalue weighted by atomic mass is 10.1. The molecule has 1 amide bonds. The van der Waals surface area contributed by atoms with Crippen molar-refractivity contribution in [2.24, 2.45) is 0 Å². The van der Waals surface area contributed by atoms with Crippen LogP contribution in [0.1, 0.15) is 5.56 Å². The Bertz CT molecular complexity index is 1420. The van der Waals surface area contributed by atoms with Crippen molar-refractivity contribution in [3.05, 3.63) is 86.7 Å². The summed E-state index contributed by atoms with van der Waals surface area (Å²) in [6.07, 6.45) is 1.66. The molecule has 4 aromatic rings. The second kappa shape index (κ2) is 6.65. The number of nitrogens with zero attached hydrogens (tertiary/aromatic N) is 4. The molecule has 0 unspecified atom stereocenters. The maximum Gasteiger partial charge on any atom is 0.291 e. The molecule has 1 aliphatic rings. The Balaban J connectivity index is 1.73. The van der Waals surface area contributed by atoms with Crippen molar-refractivity contribution in [1.29, 1.82) is 0 Å². The fourth-order valence-corrected chi connectivity index (χ4v) is 4.63. The average molecular weight is 421 g/mol. The zero-order chi connectivity index (χ0) is 20.1. The molecule has 5 rings (SSSR count). The maximum atomic E-state index is 13.1. The van der Waals surface area contributed by atoms with Gasteiger partial charge in [-0.2, -0.15) is 9.50 Å². The number of benzene rings is 2. The van der Waals surface area contributed by atoms with Crippen molar-refractivity contribution in [3.63, 3.8) is 0 Å². The van der Waals surface area contributed by atoms with Gasteiger partial charge >= 0.3 is 0 Å². The third kappa shape index (κ3) is 2.70. The highest BCUT2D eigenvalue weighted by Crippen LogP contribution is 2.35. The molecule has 0 atom stereocenters. The molecule has 0 aliphatic carbocycles. The molecule has 2 aromatic carbocycles. The molecule has 0 radical (unpaired) electrons. The molecule has 3 heterocycles. The summed E-state index contributed by atoms with van der Waals surface area (Å²) in [5.41, 5.74) is 2.25. The van der Waals surface area contributed by atoms with Gasteiger partial charge in [0.1, 0.15) is 4.53 Å². The van der Waals surface area contributed by atoms with Crippen molar-refractivity contribution in [2.45, 2.75) is 0 Å². The number of hydrogen-bond acceptors (Lipinski definition) is 5. The summed E-state index contributed by atoms with van der Waals surface area (Å²) in [6, 6.07) is 14.6. The molecular weight excluding hydrogens is 408 g/mol. The Morgan fingerprint density at radius 3 is 2.72 bits per heavy atom. The number of hydrogen-bond donors (Lipinski definition) is 0. The smallest absolute Gasteiger partial charge is 0.291 e. The van der Waals surface area contributed by atoms with Crippen molar-refractivity contribution < 1.29 is 4.79 Å². The summed E-state index contributed by atoms with van der Waals surface area (Å²) in [5, 5.41) is 4.91. The van der Waals surface area contributed by atoms with Gasteiger partial charge < -0.3 is 4.90 Å². The Morgan fingerprint density at radius 1 is 1.14 bits per heavy atom. The summed E-state index contributed by atoms with van der Waals surface area (Å²) >= 11 is 7.20. The number of amides is 1. The van der Waals surface area contributed by atoms with Crippen LogP contribution in [0.5, 0.6) is 0 Å². The second-order valence-electron chi connectivity index (χ2n) is 6.47. The van der Waals surface area contributed by atoms with Gasteiger partial charge in [0.2, 0.25) is 4.96 Å². The van der Waals surface area contributed by atoms with Gasteiger partial charge in [0.25, 0.3) is 11.5 Å².